The molecule has 3 nitrogen and oxygen atoms in total. The van der Waals surface area contributed by atoms with Gasteiger partial charge in [-0.1, -0.05) is 12.1 Å². The summed E-state index contributed by atoms with van der Waals surface area (Å²) in [5.41, 5.74) is 2.26. The average Bonchev–Trinajstić information content (AvgIpc) is 2.97. The summed E-state index contributed by atoms with van der Waals surface area (Å²) in [6.07, 6.45) is 3.49. The number of imidazole rings is 1. The van der Waals surface area contributed by atoms with Crippen LogP contribution in [0.1, 0.15) is 12.5 Å². The summed E-state index contributed by atoms with van der Waals surface area (Å²) in [4.78, 5) is 4.31. The first-order valence-corrected chi connectivity index (χ1v) is 7.22. The van der Waals surface area contributed by atoms with Crippen LogP contribution in [0, 0.1) is 12.7 Å². The lowest BCUT2D eigenvalue weighted by Gasteiger charge is -2.11. The Kier molecular flexibility index (Phi) is 3.92. The smallest absolute Gasteiger partial charge is 0.147 e. The van der Waals surface area contributed by atoms with Gasteiger partial charge in [-0.3, -0.25) is 4.57 Å². The second-order valence-electron chi connectivity index (χ2n) is 5.03. The Balaban J connectivity index is 2.07. The Morgan fingerprint density at radius 2 is 2.05 bits per heavy atom. The maximum atomic E-state index is 14.2. The van der Waals surface area contributed by atoms with Gasteiger partial charge < -0.3 is 4.74 Å². The summed E-state index contributed by atoms with van der Waals surface area (Å²) in [6.45, 7) is 4.41. The third-order valence-corrected chi connectivity index (χ3v) is 3.41. The van der Waals surface area contributed by atoms with E-state index in [1.807, 2.05) is 54.9 Å². The molecular weight excluding hydrogens is 279 g/mol. The van der Waals surface area contributed by atoms with E-state index in [9.17, 15) is 4.39 Å². The second-order valence-corrected chi connectivity index (χ2v) is 5.03. The molecule has 22 heavy (non-hydrogen) atoms. The topological polar surface area (TPSA) is 27.1 Å². The zero-order chi connectivity index (χ0) is 15.5. The highest BCUT2D eigenvalue weighted by Gasteiger charge is 2.12. The number of hydrogen-bond acceptors (Lipinski definition) is 2. The summed E-state index contributed by atoms with van der Waals surface area (Å²) < 4.78 is 21.6. The summed E-state index contributed by atoms with van der Waals surface area (Å²) in [7, 11) is 0. The number of hydrogen-bond donors (Lipinski definition) is 0. The molecule has 0 aliphatic rings. The summed E-state index contributed by atoms with van der Waals surface area (Å²) in [6, 6.07) is 12.8. The normalized spacial score (nSPS) is 10.7. The zero-order valence-electron chi connectivity index (χ0n) is 12.6. The number of aromatic nitrogens is 2. The fourth-order valence-corrected chi connectivity index (χ4v) is 2.40. The standard InChI is InChI=1S/C18H17FN2O/c1-3-22-15-6-4-5-14(12-15)21-10-9-20-18(21)16-8-7-13(2)11-17(16)19/h4-12H,3H2,1-2H3. The quantitative estimate of drug-likeness (QED) is 0.714. The highest BCUT2D eigenvalue weighted by Crippen LogP contribution is 2.26. The number of ether oxygens (including phenoxy) is 1. The monoisotopic (exact) mass is 296 g/mol. The van der Waals surface area contributed by atoms with E-state index in [-0.39, 0.29) is 5.82 Å². The minimum Gasteiger partial charge on any atom is -0.494 e. The Morgan fingerprint density at radius 3 is 2.82 bits per heavy atom. The van der Waals surface area contributed by atoms with E-state index >= 15 is 0 Å². The maximum absolute atomic E-state index is 14.2. The van der Waals surface area contributed by atoms with Gasteiger partial charge in [0.05, 0.1) is 17.9 Å². The van der Waals surface area contributed by atoms with Crippen LogP contribution < -0.4 is 4.74 Å². The SMILES string of the molecule is CCOc1cccc(-n2ccnc2-c2ccc(C)cc2F)c1. The molecule has 4 heteroatoms. The lowest BCUT2D eigenvalue weighted by molar-refractivity contribution is 0.340. The van der Waals surface area contributed by atoms with Gasteiger partial charge in [0.25, 0.3) is 0 Å². The maximum Gasteiger partial charge on any atom is 0.147 e. The number of nitrogens with zero attached hydrogens (tertiary/aromatic N) is 2. The van der Waals surface area contributed by atoms with E-state index in [0.29, 0.717) is 18.0 Å². The molecule has 0 atom stereocenters. The fraction of sp³-hybridized carbons (Fsp3) is 0.167. The Morgan fingerprint density at radius 1 is 1.18 bits per heavy atom. The minimum absolute atomic E-state index is 0.270. The van der Waals surface area contributed by atoms with Gasteiger partial charge in [-0.05, 0) is 43.7 Å². The van der Waals surface area contributed by atoms with E-state index in [0.717, 1.165) is 17.0 Å². The Bertz CT molecular complexity index is 795. The number of aryl methyl sites for hydroxylation is 1. The lowest BCUT2D eigenvalue weighted by atomic mass is 10.1. The van der Waals surface area contributed by atoms with Crippen LogP contribution in [0.2, 0.25) is 0 Å². The van der Waals surface area contributed by atoms with E-state index in [2.05, 4.69) is 4.98 Å². The van der Waals surface area contributed by atoms with Crippen LogP contribution in [0.15, 0.2) is 54.9 Å². The first-order valence-electron chi connectivity index (χ1n) is 7.22. The van der Waals surface area contributed by atoms with Crippen LogP contribution in [-0.4, -0.2) is 16.2 Å². The summed E-state index contributed by atoms with van der Waals surface area (Å²) in [5.74, 6) is 1.09. The van der Waals surface area contributed by atoms with E-state index in [1.54, 1.807) is 12.3 Å². The molecule has 0 N–H and O–H groups in total. The predicted molar refractivity (Wildman–Crippen MR) is 84.9 cm³/mol. The van der Waals surface area contributed by atoms with Gasteiger partial charge in [-0.15, -0.1) is 0 Å². The van der Waals surface area contributed by atoms with Crippen LogP contribution in [0.25, 0.3) is 17.1 Å². The van der Waals surface area contributed by atoms with Gasteiger partial charge in [0, 0.05) is 18.5 Å². The largest absolute Gasteiger partial charge is 0.494 e. The van der Waals surface area contributed by atoms with Crippen molar-refractivity contribution in [3.63, 3.8) is 0 Å². The third kappa shape index (κ3) is 2.72. The lowest BCUT2D eigenvalue weighted by Crippen LogP contribution is -1.99. The molecule has 0 saturated carbocycles. The predicted octanol–water partition coefficient (Wildman–Crippen LogP) is 4.39. The summed E-state index contributed by atoms with van der Waals surface area (Å²) in [5, 5.41) is 0. The number of halogens is 1. The van der Waals surface area contributed by atoms with Crippen LogP contribution in [0.3, 0.4) is 0 Å². The molecule has 0 aliphatic carbocycles. The van der Waals surface area contributed by atoms with Crippen LogP contribution >= 0.6 is 0 Å². The molecule has 0 spiro atoms. The van der Waals surface area contributed by atoms with Crippen molar-refractivity contribution in [3.8, 4) is 22.8 Å². The van der Waals surface area contributed by atoms with Gasteiger partial charge in [0.15, 0.2) is 0 Å². The number of benzene rings is 2. The van der Waals surface area contributed by atoms with E-state index < -0.39 is 0 Å². The van der Waals surface area contributed by atoms with Gasteiger partial charge >= 0.3 is 0 Å². The molecule has 112 valence electrons. The molecule has 0 bridgehead atoms. The molecule has 0 aliphatic heterocycles. The first kappa shape index (κ1) is 14.3. The molecule has 2 aromatic carbocycles. The second kappa shape index (κ2) is 6.02. The van der Waals surface area contributed by atoms with Crippen LogP contribution in [-0.2, 0) is 0 Å². The van der Waals surface area contributed by atoms with Gasteiger partial charge in [-0.25, -0.2) is 9.37 Å². The van der Waals surface area contributed by atoms with E-state index in [1.165, 1.54) is 6.07 Å². The molecule has 0 unspecified atom stereocenters. The van der Waals surface area contributed by atoms with Crippen molar-refractivity contribution in [2.24, 2.45) is 0 Å². The van der Waals surface area contributed by atoms with Crippen molar-refractivity contribution in [2.75, 3.05) is 6.61 Å². The molecule has 0 saturated heterocycles. The molecule has 0 fully saturated rings. The fourth-order valence-electron chi connectivity index (χ4n) is 2.40. The molecule has 0 radical (unpaired) electrons. The van der Waals surface area contributed by atoms with Crippen molar-refractivity contribution >= 4 is 0 Å². The Hall–Kier alpha value is -2.62. The van der Waals surface area contributed by atoms with Crippen molar-refractivity contribution in [3.05, 3.63) is 66.2 Å². The van der Waals surface area contributed by atoms with Crippen LogP contribution in [0.4, 0.5) is 4.39 Å². The van der Waals surface area contributed by atoms with Gasteiger partial charge in [0.1, 0.15) is 17.4 Å². The Labute approximate surface area is 129 Å². The molecule has 0 amide bonds. The van der Waals surface area contributed by atoms with Gasteiger partial charge in [-0.2, -0.15) is 0 Å². The van der Waals surface area contributed by atoms with Crippen molar-refractivity contribution in [1.82, 2.24) is 9.55 Å². The van der Waals surface area contributed by atoms with Crippen molar-refractivity contribution < 1.29 is 9.13 Å². The minimum atomic E-state index is -0.270. The molecule has 3 aromatic rings. The summed E-state index contributed by atoms with van der Waals surface area (Å²) >= 11 is 0. The molecular formula is C18H17FN2O. The molecule has 1 heterocycles. The van der Waals surface area contributed by atoms with E-state index in [4.69, 9.17) is 4.74 Å². The van der Waals surface area contributed by atoms with Crippen molar-refractivity contribution in [1.29, 1.82) is 0 Å². The number of rotatable bonds is 4. The highest BCUT2D eigenvalue weighted by molar-refractivity contribution is 5.60. The highest BCUT2D eigenvalue weighted by atomic mass is 19.1. The first-order chi connectivity index (χ1) is 10.7. The average molecular weight is 296 g/mol. The van der Waals surface area contributed by atoms with Crippen LogP contribution in [0.5, 0.6) is 5.75 Å². The molecule has 3 rings (SSSR count). The van der Waals surface area contributed by atoms with Crippen molar-refractivity contribution in [2.45, 2.75) is 13.8 Å². The molecule has 1 aromatic heterocycles. The van der Waals surface area contributed by atoms with Gasteiger partial charge in [0.2, 0.25) is 0 Å². The third-order valence-electron chi connectivity index (χ3n) is 3.41. The zero-order valence-corrected chi connectivity index (χ0v) is 12.6.